The second-order valence-corrected chi connectivity index (χ2v) is 5.08. The summed E-state index contributed by atoms with van der Waals surface area (Å²) < 4.78 is 2.58. The van der Waals surface area contributed by atoms with Gasteiger partial charge >= 0.3 is 0 Å². The first-order chi connectivity index (χ1) is 8.04. The molecule has 1 aromatic carbocycles. The van der Waals surface area contributed by atoms with Crippen LogP contribution in [0.4, 0.5) is 5.82 Å². The van der Waals surface area contributed by atoms with Crippen LogP contribution in [0.2, 0.25) is 5.02 Å². The average Bonchev–Trinajstić information content (AvgIpc) is 2.59. The van der Waals surface area contributed by atoms with E-state index in [1.165, 1.54) is 0 Å². The Hall–Kier alpha value is -1.00. The molecule has 0 radical (unpaired) electrons. The Morgan fingerprint density at radius 3 is 2.76 bits per heavy atom. The Bertz CT molecular complexity index is 563. The summed E-state index contributed by atoms with van der Waals surface area (Å²) in [5.74, 6) is 0.710. The highest BCUT2D eigenvalue weighted by Crippen LogP contribution is 2.31. The fraction of sp³-hybridized carbons (Fsp3) is 0.250. The number of nitrogen functional groups attached to an aromatic ring is 1. The predicted molar refractivity (Wildman–Crippen MR) is 75.1 cm³/mol. The van der Waals surface area contributed by atoms with Crippen LogP contribution in [0.1, 0.15) is 12.5 Å². The van der Waals surface area contributed by atoms with Crippen LogP contribution in [0.5, 0.6) is 0 Å². The maximum atomic E-state index is 6.09. The quantitative estimate of drug-likeness (QED) is 0.919. The van der Waals surface area contributed by atoms with Gasteiger partial charge in [0.1, 0.15) is 5.82 Å². The first-order valence-electron chi connectivity index (χ1n) is 5.31. The highest BCUT2D eigenvalue weighted by Gasteiger charge is 2.14. The van der Waals surface area contributed by atoms with Crippen LogP contribution in [0.3, 0.4) is 0 Å². The Morgan fingerprint density at radius 1 is 1.47 bits per heavy atom. The molecule has 2 aromatic rings. The minimum absolute atomic E-state index is 0.675. The first kappa shape index (κ1) is 12.5. The van der Waals surface area contributed by atoms with E-state index in [2.05, 4.69) is 28.0 Å². The van der Waals surface area contributed by atoms with Gasteiger partial charge in [-0.25, -0.2) is 0 Å². The Kier molecular flexibility index (Phi) is 3.45. The van der Waals surface area contributed by atoms with Crippen molar-refractivity contribution >= 4 is 33.3 Å². The number of nitrogens with zero attached hydrogens (tertiary/aromatic N) is 2. The minimum atomic E-state index is 0.675. The lowest BCUT2D eigenvalue weighted by Crippen LogP contribution is -1.98. The summed E-state index contributed by atoms with van der Waals surface area (Å²) in [6.07, 6.45) is 0.850. The summed E-state index contributed by atoms with van der Waals surface area (Å²) in [5, 5.41) is 5.11. The van der Waals surface area contributed by atoms with Gasteiger partial charge in [-0.2, -0.15) is 5.10 Å². The largest absolute Gasteiger partial charge is 0.384 e. The van der Waals surface area contributed by atoms with Crippen LogP contribution in [0, 0.1) is 0 Å². The number of nitrogens with two attached hydrogens (primary N) is 1. The van der Waals surface area contributed by atoms with Crippen molar-refractivity contribution in [3.05, 3.63) is 33.3 Å². The molecule has 3 nitrogen and oxygen atoms in total. The maximum absolute atomic E-state index is 6.09. The number of rotatable bonds is 2. The van der Waals surface area contributed by atoms with Gasteiger partial charge < -0.3 is 5.73 Å². The van der Waals surface area contributed by atoms with Crippen LogP contribution >= 0.6 is 27.5 Å². The molecule has 0 atom stereocenters. The van der Waals surface area contributed by atoms with Gasteiger partial charge in [0, 0.05) is 22.6 Å². The van der Waals surface area contributed by atoms with Gasteiger partial charge in [-0.3, -0.25) is 4.68 Å². The highest BCUT2D eigenvalue weighted by molar-refractivity contribution is 9.10. The summed E-state index contributed by atoms with van der Waals surface area (Å²) >= 11 is 9.47. The molecular weight excluding hydrogens is 302 g/mol. The van der Waals surface area contributed by atoms with Crippen molar-refractivity contribution < 1.29 is 0 Å². The van der Waals surface area contributed by atoms with Crippen molar-refractivity contribution in [1.82, 2.24) is 9.78 Å². The van der Waals surface area contributed by atoms with E-state index in [0.717, 1.165) is 27.7 Å². The number of halogens is 2. The fourth-order valence-electron chi connectivity index (χ4n) is 1.80. The lowest BCUT2D eigenvalue weighted by Gasteiger charge is -2.02. The summed E-state index contributed by atoms with van der Waals surface area (Å²) in [5.41, 5.74) is 8.93. The summed E-state index contributed by atoms with van der Waals surface area (Å²) in [7, 11) is 1.85. The van der Waals surface area contributed by atoms with E-state index in [-0.39, 0.29) is 0 Å². The molecule has 17 heavy (non-hydrogen) atoms. The Labute approximate surface area is 114 Å². The summed E-state index contributed by atoms with van der Waals surface area (Å²) in [6, 6.07) is 5.80. The third-order valence-corrected chi connectivity index (χ3v) is 3.97. The van der Waals surface area contributed by atoms with Crippen LogP contribution < -0.4 is 5.73 Å². The van der Waals surface area contributed by atoms with E-state index in [4.69, 9.17) is 17.3 Å². The SMILES string of the molecule is CCc1c(-c2ccc(Br)c(Cl)c2)nn(C)c1N. The van der Waals surface area contributed by atoms with Gasteiger partial charge in [0.25, 0.3) is 0 Å². The van der Waals surface area contributed by atoms with Crippen molar-refractivity contribution in [2.75, 3.05) is 5.73 Å². The molecule has 0 amide bonds. The minimum Gasteiger partial charge on any atom is -0.384 e. The Balaban J connectivity index is 2.60. The fourth-order valence-corrected chi connectivity index (χ4v) is 2.23. The zero-order chi connectivity index (χ0) is 12.6. The standard InChI is InChI=1S/C12H13BrClN3/c1-3-8-11(16-17(2)12(8)15)7-4-5-9(13)10(14)6-7/h4-6H,3,15H2,1-2H3. The molecule has 0 fully saturated rings. The van der Waals surface area contributed by atoms with E-state index in [9.17, 15) is 0 Å². The average molecular weight is 315 g/mol. The van der Waals surface area contributed by atoms with E-state index >= 15 is 0 Å². The monoisotopic (exact) mass is 313 g/mol. The number of hydrogen-bond donors (Lipinski definition) is 1. The van der Waals surface area contributed by atoms with Crippen LogP contribution in [-0.4, -0.2) is 9.78 Å². The number of aromatic nitrogens is 2. The number of anilines is 1. The highest BCUT2D eigenvalue weighted by atomic mass is 79.9. The van der Waals surface area contributed by atoms with Crippen LogP contribution in [0.25, 0.3) is 11.3 Å². The molecule has 0 unspecified atom stereocenters. The lowest BCUT2D eigenvalue weighted by molar-refractivity contribution is 0.781. The molecule has 0 aliphatic heterocycles. The van der Waals surface area contributed by atoms with Crippen LogP contribution in [-0.2, 0) is 13.5 Å². The van der Waals surface area contributed by atoms with Gasteiger partial charge in [-0.1, -0.05) is 24.6 Å². The smallest absolute Gasteiger partial charge is 0.125 e. The third kappa shape index (κ3) is 2.19. The molecule has 2 rings (SSSR count). The second-order valence-electron chi connectivity index (χ2n) is 3.82. The maximum Gasteiger partial charge on any atom is 0.125 e. The van der Waals surface area contributed by atoms with E-state index in [0.29, 0.717) is 10.8 Å². The van der Waals surface area contributed by atoms with E-state index in [1.807, 2.05) is 25.2 Å². The Morgan fingerprint density at radius 2 is 2.18 bits per heavy atom. The van der Waals surface area contributed by atoms with Crippen molar-refractivity contribution in [2.45, 2.75) is 13.3 Å². The molecular formula is C12H13BrClN3. The van der Waals surface area contributed by atoms with Crippen LogP contribution in [0.15, 0.2) is 22.7 Å². The molecule has 0 bridgehead atoms. The molecule has 2 N–H and O–H groups in total. The molecule has 1 aromatic heterocycles. The van der Waals surface area contributed by atoms with E-state index in [1.54, 1.807) is 4.68 Å². The second kappa shape index (κ2) is 4.70. The van der Waals surface area contributed by atoms with Gasteiger partial charge in [0.05, 0.1) is 10.7 Å². The van der Waals surface area contributed by atoms with Crippen molar-refractivity contribution in [2.24, 2.45) is 7.05 Å². The molecule has 1 heterocycles. The molecule has 5 heteroatoms. The predicted octanol–water partition coefficient (Wildman–Crippen LogP) is 3.65. The molecule has 0 saturated heterocycles. The molecule has 0 aliphatic carbocycles. The first-order valence-corrected chi connectivity index (χ1v) is 6.48. The zero-order valence-electron chi connectivity index (χ0n) is 9.67. The lowest BCUT2D eigenvalue weighted by atomic mass is 10.1. The number of hydrogen-bond acceptors (Lipinski definition) is 2. The van der Waals surface area contributed by atoms with Gasteiger partial charge in [-0.05, 0) is 34.5 Å². The normalized spacial score (nSPS) is 10.8. The topological polar surface area (TPSA) is 43.8 Å². The van der Waals surface area contributed by atoms with Gasteiger partial charge in [0.2, 0.25) is 0 Å². The van der Waals surface area contributed by atoms with Crippen molar-refractivity contribution in [1.29, 1.82) is 0 Å². The zero-order valence-corrected chi connectivity index (χ0v) is 12.0. The van der Waals surface area contributed by atoms with Gasteiger partial charge in [-0.15, -0.1) is 0 Å². The molecule has 90 valence electrons. The summed E-state index contributed by atoms with van der Waals surface area (Å²) in [4.78, 5) is 0. The van der Waals surface area contributed by atoms with Crippen molar-refractivity contribution in [3.8, 4) is 11.3 Å². The molecule has 0 saturated carbocycles. The number of aryl methyl sites for hydroxylation is 1. The molecule has 0 spiro atoms. The van der Waals surface area contributed by atoms with Crippen molar-refractivity contribution in [3.63, 3.8) is 0 Å². The molecule has 0 aliphatic rings. The number of benzene rings is 1. The third-order valence-electron chi connectivity index (χ3n) is 2.74. The van der Waals surface area contributed by atoms with Gasteiger partial charge in [0.15, 0.2) is 0 Å². The summed E-state index contributed by atoms with van der Waals surface area (Å²) in [6.45, 7) is 2.07. The van der Waals surface area contributed by atoms with E-state index < -0.39 is 0 Å².